The van der Waals surface area contributed by atoms with Gasteiger partial charge < -0.3 is 20.3 Å². The average molecular weight is 345 g/mol. The summed E-state index contributed by atoms with van der Waals surface area (Å²) in [5.41, 5.74) is 2.93. The number of hydrogen-bond donors (Lipinski definition) is 2. The van der Waals surface area contributed by atoms with Gasteiger partial charge in [0.2, 0.25) is 0 Å². The van der Waals surface area contributed by atoms with E-state index < -0.39 is 0 Å². The number of ether oxygens (including phenoxy) is 1. The Morgan fingerprint density at radius 3 is 2.32 bits per heavy atom. The highest BCUT2D eigenvalue weighted by molar-refractivity contribution is 5.54. The van der Waals surface area contributed by atoms with Crippen molar-refractivity contribution in [3.8, 4) is 0 Å². The topological polar surface area (TPSA) is 49.4 Å². The third kappa shape index (κ3) is 3.36. The lowest BCUT2D eigenvalue weighted by atomic mass is 9.52. The minimum atomic E-state index is 0.263. The Morgan fingerprint density at radius 2 is 1.72 bits per heavy atom. The molecule has 5 heteroatoms. The van der Waals surface area contributed by atoms with E-state index in [-0.39, 0.29) is 12.2 Å². The summed E-state index contributed by atoms with van der Waals surface area (Å²) in [6.45, 7) is 8.23. The van der Waals surface area contributed by atoms with Gasteiger partial charge in [0.05, 0.1) is 23.6 Å². The van der Waals surface area contributed by atoms with Gasteiger partial charge >= 0.3 is 0 Å². The van der Waals surface area contributed by atoms with Gasteiger partial charge in [-0.15, -0.1) is 0 Å². The summed E-state index contributed by atoms with van der Waals surface area (Å²) in [6.07, 6.45) is 5.85. The van der Waals surface area contributed by atoms with Crippen LogP contribution in [-0.4, -0.2) is 49.4 Å². The molecule has 4 rings (SSSR count). The first-order valence-corrected chi connectivity index (χ1v) is 9.78. The average Bonchev–Trinajstić information content (AvgIpc) is 2.48. The zero-order valence-corrected chi connectivity index (χ0v) is 16.0. The quantitative estimate of drug-likeness (QED) is 0.879. The second-order valence-electron chi connectivity index (χ2n) is 8.61. The van der Waals surface area contributed by atoms with Crippen LogP contribution in [0.15, 0.2) is 12.1 Å². The summed E-state index contributed by atoms with van der Waals surface area (Å²) in [5.74, 6) is 1.07. The predicted molar refractivity (Wildman–Crippen MR) is 102 cm³/mol. The van der Waals surface area contributed by atoms with E-state index in [2.05, 4.69) is 55.5 Å². The fourth-order valence-corrected chi connectivity index (χ4v) is 5.07. The number of pyridine rings is 1. The molecule has 1 aromatic rings. The Morgan fingerprint density at radius 1 is 1.08 bits per heavy atom. The van der Waals surface area contributed by atoms with Gasteiger partial charge in [-0.3, -0.25) is 0 Å². The molecule has 2 atom stereocenters. The standard InChI is InChI=1S/C20H32N4O/c1-13-11-24(12-14(2)25-13)19-6-5-18(15(3)22-19)23-17-9-20(10-17)7-16(8-20)21-4/h5-6,13-14,16-17,21,23H,7-12H2,1-4H3. The molecule has 1 spiro atoms. The van der Waals surface area contributed by atoms with Crippen LogP contribution in [0.4, 0.5) is 11.5 Å². The zero-order chi connectivity index (χ0) is 17.6. The molecule has 1 aliphatic heterocycles. The Bertz CT molecular complexity index is 610. The predicted octanol–water partition coefficient (Wildman–Crippen LogP) is 2.95. The highest BCUT2D eigenvalue weighted by Gasteiger charge is 2.52. The zero-order valence-electron chi connectivity index (χ0n) is 16.0. The number of nitrogens with zero attached hydrogens (tertiary/aromatic N) is 2. The number of aryl methyl sites for hydroxylation is 1. The van der Waals surface area contributed by atoms with Crippen molar-refractivity contribution in [1.82, 2.24) is 10.3 Å². The number of aromatic nitrogens is 1. The molecule has 2 N–H and O–H groups in total. The van der Waals surface area contributed by atoms with E-state index in [1.165, 1.54) is 31.4 Å². The van der Waals surface area contributed by atoms with E-state index in [0.717, 1.165) is 30.6 Å². The number of anilines is 2. The fourth-order valence-electron chi connectivity index (χ4n) is 5.07. The third-order valence-electron chi connectivity index (χ3n) is 6.30. The molecule has 0 amide bonds. The summed E-state index contributed by atoms with van der Waals surface area (Å²) in [7, 11) is 2.08. The van der Waals surface area contributed by atoms with E-state index in [9.17, 15) is 0 Å². The number of hydrogen-bond acceptors (Lipinski definition) is 5. The van der Waals surface area contributed by atoms with Crippen LogP contribution < -0.4 is 15.5 Å². The molecule has 1 aromatic heterocycles. The van der Waals surface area contributed by atoms with Crippen molar-refractivity contribution in [3.63, 3.8) is 0 Å². The van der Waals surface area contributed by atoms with Gasteiger partial charge in [-0.05, 0) is 71.0 Å². The lowest BCUT2D eigenvalue weighted by Crippen LogP contribution is -2.57. The molecule has 2 unspecified atom stereocenters. The Labute approximate surface area is 151 Å². The molecule has 0 aromatic carbocycles. The Hall–Kier alpha value is -1.33. The molecule has 25 heavy (non-hydrogen) atoms. The summed E-state index contributed by atoms with van der Waals surface area (Å²) < 4.78 is 5.83. The normalized spacial score (nSPS) is 37.5. The van der Waals surface area contributed by atoms with E-state index in [0.29, 0.717) is 11.5 Å². The maximum absolute atomic E-state index is 5.83. The first-order chi connectivity index (χ1) is 12.0. The van der Waals surface area contributed by atoms with Crippen molar-refractivity contribution in [2.24, 2.45) is 5.41 Å². The molecular weight excluding hydrogens is 312 g/mol. The molecule has 0 radical (unpaired) electrons. The molecule has 2 saturated carbocycles. The van der Waals surface area contributed by atoms with Crippen LogP contribution in [0.2, 0.25) is 0 Å². The fraction of sp³-hybridized carbons (Fsp3) is 0.750. The second-order valence-corrected chi connectivity index (χ2v) is 8.61. The molecule has 0 bridgehead atoms. The maximum Gasteiger partial charge on any atom is 0.129 e. The van der Waals surface area contributed by atoms with Crippen molar-refractivity contribution in [1.29, 1.82) is 0 Å². The highest BCUT2D eigenvalue weighted by Crippen LogP contribution is 2.56. The van der Waals surface area contributed by atoms with Crippen LogP contribution in [0.25, 0.3) is 0 Å². The minimum absolute atomic E-state index is 0.263. The summed E-state index contributed by atoms with van der Waals surface area (Å²) in [4.78, 5) is 7.22. The van der Waals surface area contributed by atoms with Crippen LogP contribution in [0, 0.1) is 12.3 Å². The molecule has 3 aliphatic rings. The van der Waals surface area contributed by atoms with Crippen LogP contribution in [0.3, 0.4) is 0 Å². The van der Waals surface area contributed by atoms with Gasteiger partial charge in [-0.2, -0.15) is 0 Å². The molecular formula is C20H32N4O. The highest BCUT2D eigenvalue weighted by atomic mass is 16.5. The Kier molecular flexibility index (Phi) is 4.40. The minimum Gasteiger partial charge on any atom is -0.381 e. The van der Waals surface area contributed by atoms with Crippen molar-refractivity contribution >= 4 is 11.5 Å². The van der Waals surface area contributed by atoms with Gasteiger partial charge in [0, 0.05) is 25.2 Å². The van der Waals surface area contributed by atoms with Crippen LogP contribution in [-0.2, 0) is 4.74 Å². The monoisotopic (exact) mass is 344 g/mol. The van der Waals surface area contributed by atoms with Crippen LogP contribution in [0.5, 0.6) is 0 Å². The Balaban J connectivity index is 1.35. The molecule has 2 aliphatic carbocycles. The van der Waals surface area contributed by atoms with Gasteiger partial charge in [0.1, 0.15) is 5.82 Å². The van der Waals surface area contributed by atoms with Gasteiger partial charge in [-0.25, -0.2) is 4.98 Å². The number of nitrogens with one attached hydrogen (secondary N) is 2. The SMILES string of the molecule is CNC1CC2(C1)CC(Nc1ccc(N3CC(C)OC(C)C3)nc1C)C2. The van der Waals surface area contributed by atoms with E-state index in [1.807, 2.05) is 0 Å². The van der Waals surface area contributed by atoms with E-state index in [4.69, 9.17) is 9.72 Å². The van der Waals surface area contributed by atoms with E-state index >= 15 is 0 Å². The largest absolute Gasteiger partial charge is 0.381 e. The van der Waals surface area contributed by atoms with Crippen LogP contribution >= 0.6 is 0 Å². The van der Waals surface area contributed by atoms with Crippen LogP contribution in [0.1, 0.15) is 45.2 Å². The van der Waals surface area contributed by atoms with Crippen molar-refractivity contribution in [2.45, 2.75) is 70.7 Å². The van der Waals surface area contributed by atoms with Crippen molar-refractivity contribution < 1.29 is 4.74 Å². The summed E-state index contributed by atoms with van der Waals surface area (Å²) in [6, 6.07) is 5.74. The van der Waals surface area contributed by atoms with Gasteiger partial charge in [-0.1, -0.05) is 0 Å². The molecule has 138 valence electrons. The second kappa shape index (κ2) is 6.44. The number of rotatable bonds is 4. The van der Waals surface area contributed by atoms with Gasteiger partial charge in [0.15, 0.2) is 0 Å². The number of morpholine rings is 1. The van der Waals surface area contributed by atoms with Gasteiger partial charge in [0.25, 0.3) is 0 Å². The molecule has 1 saturated heterocycles. The summed E-state index contributed by atoms with van der Waals surface area (Å²) >= 11 is 0. The third-order valence-corrected chi connectivity index (χ3v) is 6.30. The maximum atomic E-state index is 5.83. The van der Waals surface area contributed by atoms with Crippen molar-refractivity contribution in [3.05, 3.63) is 17.8 Å². The lowest BCUT2D eigenvalue weighted by Gasteiger charge is -2.58. The summed E-state index contributed by atoms with van der Waals surface area (Å²) in [5, 5.41) is 7.12. The molecule has 3 fully saturated rings. The first-order valence-electron chi connectivity index (χ1n) is 9.78. The first kappa shape index (κ1) is 17.1. The molecule has 5 nitrogen and oxygen atoms in total. The lowest BCUT2D eigenvalue weighted by molar-refractivity contribution is -0.00939. The molecule has 2 heterocycles. The van der Waals surface area contributed by atoms with E-state index in [1.54, 1.807) is 0 Å². The van der Waals surface area contributed by atoms with Crippen molar-refractivity contribution in [2.75, 3.05) is 30.4 Å². The smallest absolute Gasteiger partial charge is 0.129 e.